The number of hydrogen-bond donors (Lipinski definition) is 0. The van der Waals surface area contributed by atoms with E-state index in [1.807, 2.05) is 42.6 Å². The first-order valence-corrected chi connectivity index (χ1v) is 5.56. The molecule has 3 aromatic rings. The van der Waals surface area contributed by atoms with Crippen molar-refractivity contribution in [1.82, 2.24) is 19.9 Å². The van der Waals surface area contributed by atoms with Gasteiger partial charge in [-0.25, -0.2) is 15.0 Å². The zero-order valence-corrected chi connectivity index (χ0v) is 9.56. The van der Waals surface area contributed by atoms with Gasteiger partial charge in [-0.15, -0.1) is 0 Å². The van der Waals surface area contributed by atoms with Crippen LogP contribution in [0, 0.1) is 0 Å². The molecule has 0 atom stereocenters. The molecule has 0 fully saturated rings. The van der Waals surface area contributed by atoms with E-state index in [-0.39, 0.29) is 0 Å². The first-order valence-electron chi connectivity index (χ1n) is 5.56. The fourth-order valence-corrected chi connectivity index (χ4v) is 1.76. The second-order valence-electron chi connectivity index (χ2n) is 3.78. The number of aromatic nitrogens is 4. The molecule has 86 valence electrons. The van der Waals surface area contributed by atoms with E-state index in [9.17, 15) is 0 Å². The Morgan fingerprint density at radius 3 is 2.28 bits per heavy atom. The van der Waals surface area contributed by atoms with Gasteiger partial charge in [0.2, 0.25) is 0 Å². The van der Waals surface area contributed by atoms with Crippen LogP contribution in [0.25, 0.3) is 22.5 Å². The molecule has 1 aromatic carbocycles. The van der Waals surface area contributed by atoms with E-state index < -0.39 is 0 Å². The van der Waals surface area contributed by atoms with E-state index in [2.05, 4.69) is 19.9 Å². The van der Waals surface area contributed by atoms with Crippen molar-refractivity contribution in [2.75, 3.05) is 0 Å². The minimum Gasteiger partial charge on any atom is -0.264 e. The third kappa shape index (κ3) is 2.08. The monoisotopic (exact) mass is 234 g/mol. The van der Waals surface area contributed by atoms with Gasteiger partial charge in [0.25, 0.3) is 0 Å². The lowest BCUT2D eigenvalue weighted by Gasteiger charge is -2.03. The molecule has 0 saturated carbocycles. The van der Waals surface area contributed by atoms with Crippen LogP contribution in [0.5, 0.6) is 0 Å². The van der Waals surface area contributed by atoms with Crippen LogP contribution in [0.2, 0.25) is 0 Å². The van der Waals surface area contributed by atoms with Gasteiger partial charge >= 0.3 is 0 Å². The maximum absolute atomic E-state index is 4.15. The number of hydrogen-bond acceptors (Lipinski definition) is 4. The molecule has 0 aliphatic heterocycles. The lowest BCUT2D eigenvalue weighted by atomic mass is 10.0. The van der Waals surface area contributed by atoms with Crippen molar-refractivity contribution in [2.24, 2.45) is 0 Å². The molecule has 0 aliphatic rings. The van der Waals surface area contributed by atoms with Gasteiger partial charge in [0.1, 0.15) is 12.7 Å². The third-order valence-corrected chi connectivity index (χ3v) is 2.61. The van der Waals surface area contributed by atoms with Crippen LogP contribution in [0.4, 0.5) is 0 Å². The van der Waals surface area contributed by atoms with Gasteiger partial charge in [0.15, 0.2) is 5.82 Å². The van der Waals surface area contributed by atoms with E-state index in [0.717, 1.165) is 16.7 Å². The van der Waals surface area contributed by atoms with Crippen LogP contribution in [0.1, 0.15) is 0 Å². The molecule has 0 radical (unpaired) electrons. The Hall–Kier alpha value is -2.62. The fraction of sp³-hybridized carbons (Fsp3) is 0. The SMILES string of the molecule is c1cncc(-c2cccc(-c3ncncn3)c2)c1. The summed E-state index contributed by atoms with van der Waals surface area (Å²) in [6, 6.07) is 12.0. The summed E-state index contributed by atoms with van der Waals surface area (Å²) >= 11 is 0. The Kier molecular flexibility index (Phi) is 2.75. The molecule has 2 heterocycles. The quantitative estimate of drug-likeness (QED) is 0.684. The molecular formula is C14H10N4. The average molecular weight is 234 g/mol. The lowest BCUT2D eigenvalue weighted by molar-refractivity contribution is 1.06. The minimum atomic E-state index is 0.677. The predicted molar refractivity (Wildman–Crippen MR) is 68.5 cm³/mol. The van der Waals surface area contributed by atoms with Crippen LogP contribution in [-0.2, 0) is 0 Å². The van der Waals surface area contributed by atoms with Gasteiger partial charge in [0.05, 0.1) is 0 Å². The maximum Gasteiger partial charge on any atom is 0.162 e. The largest absolute Gasteiger partial charge is 0.264 e. The summed E-state index contributed by atoms with van der Waals surface area (Å²) in [5.41, 5.74) is 3.15. The second kappa shape index (κ2) is 4.71. The van der Waals surface area contributed by atoms with Crippen molar-refractivity contribution >= 4 is 0 Å². The first kappa shape index (κ1) is 10.5. The van der Waals surface area contributed by atoms with E-state index in [0.29, 0.717) is 5.82 Å². The molecule has 0 amide bonds. The van der Waals surface area contributed by atoms with Crippen LogP contribution < -0.4 is 0 Å². The summed E-state index contributed by atoms with van der Waals surface area (Å²) in [6.45, 7) is 0. The lowest BCUT2D eigenvalue weighted by Crippen LogP contribution is -1.89. The van der Waals surface area contributed by atoms with E-state index in [1.165, 1.54) is 12.7 Å². The van der Waals surface area contributed by atoms with Crippen LogP contribution in [0.3, 0.4) is 0 Å². The maximum atomic E-state index is 4.15. The molecule has 0 N–H and O–H groups in total. The van der Waals surface area contributed by atoms with Gasteiger partial charge < -0.3 is 0 Å². The number of rotatable bonds is 2. The molecule has 0 saturated heterocycles. The van der Waals surface area contributed by atoms with Gasteiger partial charge in [-0.05, 0) is 17.7 Å². The van der Waals surface area contributed by atoms with Crippen molar-refractivity contribution in [3.8, 4) is 22.5 Å². The number of benzene rings is 1. The normalized spacial score (nSPS) is 10.2. The minimum absolute atomic E-state index is 0.677. The van der Waals surface area contributed by atoms with Gasteiger partial charge in [-0.3, -0.25) is 4.98 Å². The Morgan fingerprint density at radius 2 is 1.50 bits per heavy atom. The molecule has 4 nitrogen and oxygen atoms in total. The topological polar surface area (TPSA) is 51.6 Å². The highest BCUT2D eigenvalue weighted by Crippen LogP contribution is 2.23. The van der Waals surface area contributed by atoms with Gasteiger partial charge in [-0.2, -0.15) is 0 Å². The highest BCUT2D eigenvalue weighted by molar-refractivity contribution is 5.69. The highest BCUT2D eigenvalue weighted by Gasteiger charge is 2.03. The number of pyridine rings is 1. The summed E-state index contributed by atoms with van der Waals surface area (Å²) in [7, 11) is 0. The summed E-state index contributed by atoms with van der Waals surface area (Å²) < 4.78 is 0. The van der Waals surface area contributed by atoms with Crippen molar-refractivity contribution < 1.29 is 0 Å². The molecule has 0 unspecified atom stereocenters. The van der Waals surface area contributed by atoms with Crippen molar-refractivity contribution in [3.63, 3.8) is 0 Å². The Labute approximate surface area is 104 Å². The molecular weight excluding hydrogens is 224 g/mol. The molecule has 0 bridgehead atoms. The standard InChI is InChI=1S/C14H10N4/c1-3-11(13-5-2-6-15-8-13)7-12(4-1)14-17-9-16-10-18-14/h1-10H. The van der Waals surface area contributed by atoms with E-state index in [4.69, 9.17) is 0 Å². The molecule has 0 spiro atoms. The third-order valence-electron chi connectivity index (χ3n) is 2.61. The summed E-state index contributed by atoms with van der Waals surface area (Å²) in [5, 5.41) is 0. The summed E-state index contributed by atoms with van der Waals surface area (Å²) in [6.07, 6.45) is 6.60. The second-order valence-corrected chi connectivity index (χ2v) is 3.78. The van der Waals surface area contributed by atoms with E-state index in [1.54, 1.807) is 6.20 Å². The molecule has 0 aliphatic carbocycles. The fourth-order valence-electron chi connectivity index (χ4n) is 1.76. The molecule has 18 heavy (non-hydrogen) atoms. The summed E-state index contributed by atoms with van der Waals surface area (Å²) in [4.78, 5) is 16.2. The van der Waals surface area contributed by atoms with Crippen molar-refractivity contribution in [2.45, 2.75) is 0 Å². The average Bonchev–Trinajstić information content (AvgIpc) is 2.49. The summed E-state index contributed by atoms with van der Waals surface area (Å²) in [5.74, 6) is 0.677. The zero-order chi connectivity index (χ0) is 12.2. The molecule has 4 heteroatoms. The highest BCUT2D eigenvalue weighted by atomic mass is 15.0. The Morgan fingerprint density at radius 1 is 0.722 bits per heavy atom. The zero-order valence-electron chi connectivity index (χ0n) is 9.56. The van der Waals surface area contributed by atoms with Crippen LogP contribution in [0.15, 0.2) is 61.4 Å². The first-order chi connectivity index (χ1) is 8.93. The Bertz CT molecular complexity index is 583. The van der Waals surface area contributed by atoms with Crippen molar-refractivity contribution in [3.05, 3.63) is 61.4 Å². The predicted octanol–water partition coefficient (Wildman–Crippen LogP) is 2.60. The molecule has 3 rings (SSSR count). The van der Waals surface area contributed by atoms with Gasteiger partial charge in [0, 0.05) is 23.5 Å². The van der Waals surface area contributed by atoms with E-state index >= 15 is 0 Å². The van der Waals surface area contributed by atoms with Crippen LogP contribution >= 0.6 is 0 Å². The molecule has 2 aromatic heterocycles. The van der Waals surface area contributed by atoms with Crippen LogP contribution in [-0.4, -0.2) is 19.9 Å². The Balaban J connectivity index is 2.05. The van der Waals surface area contributed by atoms with Crippen molar-refractivity contribution in [1.29, 1.82) is 0 Å². The number of nitrogens with zero attached hydrogens (tertiary/aromatic N) is 4. The van der Waals surface area contributed by atoms with Gasteiger partial charge in [-0.1, -0.05) is 24.3 Å². The smallest absolute Gasteiger partial charge is 0.162 e.